The quantitative estimate of drug-likeness (QED) is 0.687. The van der Waals surface area contributed by atoms with Gasteiger partial charge in [-0.1, -0.05) is 12.1 Å². The molecule has 0 aliphatic carbocycles. The van der Waals surface area contributed by atoms with Crippen LogP contribution < -0.4 is 10.1 Å². The van der Waals surface area contributed by atoms with Crippen LogP contribution in [0.25, 0.3) is 0 Å². The van der Waals surface area contributed by atoms with Gasteiger partial charge in [-0.2, -0.15) is 5.10 Å². The first-order chi connectivity index (χ1) is 14.8. The van der Waals surface area contributed by atoms with Gasteiger partial charge in [0.25, 0.3) is 0 Å². The zero-order valence-corrected chi connectivity index (χ0v) is 18.6. The Morgan fingerprint density at radius 3 is 2.71 bits per heavy atom. The molecule has 1 aliphatic rings. The van der Waals surface area contributed by atoms with Crippen molar-refractivity contribution >= 4 is 17.6 Å². The Labute approximate surface area is 182 Å². The molecule has 2 heterocycles. The van der Waals surface area contributed by atoms with Crippen molar-refractivity contribution in [3.05, 3.63) is 46.8 Å². The third-order valence-corrected chi connectivity index (χ3v) is 5.71. The number of aryl methyl sites for hydroxylation is 1. The molecule has 1 aliphatic heterocycles. The number of nitrogens with zero attached hydrogens (tertiary/aromatic N) is 3. The molecule has 0 radical (unpaired) electrons. The van der Waals surface area contributed by atoms with Gasteiger partial charge < -0.3 is 15.0 Å². The molecule has 8 nitrogen and oxygen atoms in total. The van der Waals surface area contributed by atoms with Crippen LogP contribution in [-0.2, 0) is 22.7 Å². The van der Waals surface area contributed by atoms with Gasteiger partial charge in [-0.15, -0.1) is 0 Å². The number of rotatable bonds is 7. The first-order valence-corrected chi connectivity index (χ1v) is 10.5. The third kappa shape index (κ3) is 5.51. The summed E-state index contributed by atoms with van der Waals surface area (Å²) >= 11 is 0. The van der Waals surface area contributed by atoms with Crippen molar-refractivity contribution in [3.63, 3.8) is 0 Å². The Hall–Kier alpha value is -3.16. The average molecular weight is 427 g/mol. The summed E-state index contributed by atoms with van der Waals surface area (Å²) in [6.07, 6.45) is 1.69. The summed E-state index contributed by atoms with van der Waals surface area (Å²) in [7, 11) is 1.62. The number of amides is 2. The number of benzene rings is 1. The maximum absolute atomic E-state index is 12.6. The van der Waals surface area contributed by atoms with Crippen molar-refractivity contribution in [1.29, 1.82) is 0 Å². The van der Waals surface area contributed by atoms with Gasteiger partial charge in [0.05, 0.1) is 18.4 Å². The Balaban J connectivity index is 1.58. The number of aromatic nitrogens is 2. The molecule has 2 amide bonds. The van der Waals surface area contributed by atoms with Gasteiger partial charge >= 0.3 is 0 Å². The summed E-state index contributed by atoms with van der Waals surface area (Å²) in [5.74, 6) is 0.630. The van der Waals surface area contributed by atoms with Crippen LogP contribution in [-0.4, -0.2) is 52.0 Å². The van der Waals surface area contributed by atoms with Crippen LogP contribution in [0.3, 0.4) is 0 Å². The second kappa shape index (κ2) is 9.76. The van der Waals surface area contributed by atoms with Crippen molar-refractivity contribution in [1.82, 2.24) is 20.0 Å². The van der Waals surface area contributed by atoms with E-state index in [1.807, 2.05) is 29.2 Å². The van der Waals surface area contributed by atoms with Gasteiger partial charge in [0, 0.05) is 31.2 Å². The van der Waals surface area contributed by atoms with Crippen molar-refractivity contribution in [2.45, 2.75) is 59.2 Å². The van der Waals surface area contributed by atoms with Gasteiger partial charge in [-0.05, 0) is 51.3 Å². The van der Waals surface area contributed by atoms with E-state index in [1.54, 1.807) is 25.6 Å². The minimum Gasteiger partial charge on any atom is -0.497 e. The van der Waals surface area contributed by atoms with Crippen LogP contribution in [0.15, 0.2) is 24.3 Å². The number of Topliss-reactive ketones (excluding diaryl/α,β-unsaturated/α-hetero) is 1. The predicted molar refractivity (Wildman–Crippen MR) is 116 cm³/mol. The number of nitrogens with one attached hydrogen (secondary N) is 1. The minimum absolute atomic E-state index is 0.0535. The number of carbonyl (C=O) groups is 3. The fourth-order valence-electron chi connectivity index (χ4n) is 4.11. The van der Waals surface area contributed by atoms with Gasteiger partial charge in [0.2, 0.25) is 11.8 Å². The highest BCUT2D eigenvalue weighted by atomic mass is 16.5. The highest BCUT2D eigenvalue weighted by molar-refractivity contribution is 5.96. The molecule has 166 valence electrons. The standard InChI is InChI=1S/C23H30N4O4/c1-15-23(17(3)28)16(2)27(25-15)14-21(29)24-19-8-9-22(30)26(11-10-19)13-18-6-5-7-20(12-18)31-4/h5-7,12,19H,8-11,13-14H2,1-4H3,(H,24,29). The lowest BCUT2D eigenvalue weighted by Gasteiger charge is -2.21. The van der Waals surface area contributed by atoms with Gasteiger partial charge in [-0.25, -0.2) is 0 Å². The van der Waals surface area contributed by atoms with E-state index >= 15 is 0 Å². The fourth-order valence-corrected chi connectivity index (χ4v) is 4.11. The predicted octanol–water partition coefficient (Wildman–Crippen LogP) is 2.41. The topological polar surface area (TPSA) is 93.5 Å². The first-order valence-electron chi connectivity index (χ1n) is 10.5. The molecular formula is C23H30N4O4. The number of carbonyl (C=O) groups excluding carboxylic acids is 3. The Kier molecular flexibility index (Phi) is 7.09. The van der Waals surface area contributed by atoms with E-state index in [9.17, 15) is 14.4 Å². The highest BCUT2D eigenvalue weighted by Gasteiger charge is 2.24. The zero-order chi connectivity index (χ0) is 22.5. The molecule has 0 saturated carbocycles. The van der Waals surface area contributed by atoms with Crippen molar-refractivity contribution in [3.8, 4) is 5.75 Å². The largest absolute Gasteiger partial charge is 0.497 e. The van der Waals surface area contributed by atoms with Crippen LogP contribution >= 0.6 is 0 Å². The molecule has 1 fully saturated rings. The van der Waals surface area contributed by atoms with Gasteiger partial charge in [0.15, 0.2) is 5.78 Å². The van der Waals surface area contributed by atoms with Crippen molar-refractivity contribution in [2.75, 3.05) is 13.7 Å². The van der Waals surface area contributed by atoms with E-state index < -0.39 is 0 Å². The molecule has 1 N–H and O–H groups in total. The van der Waals surface area contributed by atoms with E-state index in [0.717, 1.165) is 11.3 Å². The summed E-state index contributed by atoms with van der Waals surface area (Å²) < 4.78 is 6.83. The molecule has 0 spiro atoms. The molecular weight excluding hydrogens is 396 g/mol. The second-order valence-electron chi connectivity index (χ2n) is 8.02. The minimum atomic E-state index is -0.167. The number of hydrogen-bond donors (Lipinski definition) is 1. The summed E-state index contributed by atoms with van der Waals surface area (Å²) in [5, 5.41) is 7.36. The molecule has 1 saturated heterocycles. The van der Waals surface area contributed by atoms with Crippen LogP contribution in [0, 0.1) is 13.8 Å². The molecule has 0 bridgehead atoms. The molecule has 1 aromatic carbocycles. The Bertz CT molecular complexity index is 982. The Morgan fingerprint density at radius 2 is 2.03 bits per heavy atom. The summed E-state index contributed by atoms with van der Waals surface area (Å²) in [4.78, 5) is 38.8. The van der Waals surface area contributed by atoms with E-state index in [2.05, 4.69) is 10.4 Å². The SMILES string of the molecule is COc1cccc(CN2CCC(NC(=O)Cn3nc(C)c(C(C)=O)c3C)CCC2=O)c1. The van der Waals surface area contributed by atoms with Crippen LogP contribution in [0.2, 0.25) is 0 Å². The molecule has 31 heavy (non-hydrogen) atoms. The maximum atomic E-state index is 12.6. The monoisotopic (exact) mass is 426 g/mol. The number of ether oxygens (including phenoxy) is 1. The summed E-state index contributed by atoms with van der Waals surface area (Å²) in [6, 6.07) is 7.62. The van der Waals surface area contributed by atoms with E-state index in [0.29, 0.717) is 49.3 Å². The maximum Gasteiger partial charge on any atom is 0.241 e. The molecule has 3 rings (SSSR count). The lowest BCUT2D eigenvalue weighted by Crippen LogP contribution is -2.38. The van der Waals surface area contributed by atoms with Gasteiger partial charge in [-0.3, -0.25) is 19.1 Å². The second-order valence-corrected chi connectivity index (χ2v) is 8.02. The average Bonchev–Trinajstić information content (AvgIpc) is 2.89. The lowest BCUT2D eigenvalue weighted by atomic mass is 10.1. The molecule has 8 heteroatoms. The first kappa shape index (κ1) is 22.5. The lowest BCUT2D eigenvalue weighted by molar-refractivity contribution is -0.131. The van der Waals surface area contributed by atoms with Crippen molar-refractivity contribution < 1.29 is 19.1 Å². The number of ketones is 1. The van der Waals surface area contributed by atoms with E-state index in [1.165, 1.54) is 6.92 Å². The summed E-state index contributed by atoms with van der Waals surface area (Å²) in [5.41, 5.74) is 2.91. The third-order valence-electron chi connectivity index (χ3n) is 5.71. The van der Waals surface area contributed by atoms with Crippen LogP contribution in [0.4, 0.5) is 0 Å². The molecule has 1 aromatic heterocycles. The van der Waals surface area contributed by atoms with Gasteiger partial charge in [0.1, 0.15) is 12.3 Å². The molecule has 1 atom stereocenters. The van der Waals surface area contributed by atoms with E-state index in [4.69, 9.17) is 4.74 Å². The summed E-state index contributed by atoms with van der Waals surface area (Å²) in [6.45, 7) is 6.22. The van der Waals surface area contributed by atoms with Crippen LogP contribution in [0.1, 0.15) is 53.5 Å². The molecule has 1 unspecified atom stereocenters. The fraction of sp³-hybridized carbons (Fsp3) is 0.478. The smallest absolute Gasteiger partial charge is 0.241 e. The van der Waals surface area contributed by atoms with E-state index in [-0.39, 0.29) is 30.2 Å². The number of hydrogen-bond acceptors (Lipinski definition) is 5. The zero-order valence-electron chi connectivity index (χ0n) is 18.6. The number of methoxy groups -OCH3 is 1. The molecule has 2 aromatic rings. The van der Waals surface area contributed by atoms with Crippen molar-refractivity contribution in [2.24, 2.45) is 0 Å². The highest BCUT2D eigenvalue weighted by Crippen LogP contribution is 2.19. The Morgan fingerprint density at radius 1 is 1.26 bits per heavy atom. The van der Waals surface area contributed by atoms with Crippen LogP contribution in [0.5, 0.6) is 5.75 Å². The normalized spacial score (nSPS) is 16.7. The number of likely N-dealkylation sites (tertiary alicyclic amines) is 1.